The Kier molecular flexibility index (Phi) is 4.30. The summed E-state index contributed by atoms with van der Waals surface area (Å²) in [6.45, 7) is -0.486. The van der Waals surface area contributed by atoms with E-state index in [4.69, 9.17) is 4.74 Å². The molecule has 108 valence electrons. The number of nitrogens with zero attached hydrogens (tertiary/aromatic N) is 1. The molecule has 0 aliphatic heterocycles. The van der Waals surface area contributed by atoms with Gasteiger partial charge < -0.3 is 15.0 Å². The molecule has 1 amide bonds. The molecular formula is C13H11N3O5. The number of nitro groups is 1. The van der Waals surface area contributed by atoms with Gasteiger partial charge in [0.1, 0.15) is 5.69 Å². The summed E-state index contributed by atoms with van der Waals surface area (Å²) in [5.74, 6) is -1.25. The molecule has 0 saturated carbocycles. The summed E-state index contributed by atoms with van der Waals surface area (Å²) in [5, 5.41) is 13.0. The van der Waals surface area contributed by atoms with E-state index in [1.54, 1.807) is 12.3 Å². The van der Waals surface area contributed by atoms with Gasteiger partial charge in [-0.2, -0.15) is 0 Å². The first kappa shape index (κ1) is 14.3. The fraction of sp³-hybridized carbons (Fsp3) is 0.0769. The monoisotopic (exact) mass is 289 g/mol. The highest BCUT2D eigenvalue weighted by molar-refractivity contribution is 5.95. The number of amides is 1. The fourth-order valence-corrected chi connectivity index (χ4v) is 1.56. The molecule has 0 aliphatic rings. The number of anilines is 1. The van der Waals surface area contributed by atoms with Crippen LogP contribution < -0.4 is 5.32 Å². The van der Waals surface area contributed by atoms with Crippen molar-refractivity contribution in [2.45, 2.75) is 0 Å². The van der Waals surface area contributed by atoms with Crippen molar-refractivity contribution >= 4 is 23.3 Å². The van der Waals surface area contributed by atoms with E-state index in [-0.39, 0.29) is 17.1 Å². The Balaban J connectivity index is 1.89. The lowest BCUT2D eigenvalue weighted by Crippen LogP contribution is -2.21. The van der Waals surface area contributed by atoms with E-state index in [2.05, 4.69) is 10.3 Å². The molecule has 8 nitrogen and oxygen atoms in total. The zero-order valence-electron chi connectivity index (χ0n) is 10.7. The molecule has 1 aromatic carbocycles. The highest BCUT2D eigenvalue weighted by Crippen LogP contribution is 2.16. The van der Waals surface area contributed by atoms with Gasteiger partial charge >= 0.3 is 5.97 Å². The van der Waals surface area contributed by atoms with Gasteiger partial charge in [0.05, 0.1) is 4.92 Å². The van der Waals surface area contributed by atoms with Gasteiger partial charge in [0.2, 0.25) is 0 Å². The topological polar surface area (TPSA) is 114 Å². The Morgan fingerprint density at radius 3 is 2.76 bits per heavy atom. The zero-order chi connectivity index (χ0) is 15.2. The van der Waals surface area contributed by atoms with Gasteiger partial charge in [0, 0.05) is 24.0 Å². The van der Waals surface area contributed by atoms with Crippen LogP contribution in [0.25, 0.3) is 0 Å². The minimum Gasteiger partial charge on any atom is -0.451 e. The van der Waals surface area contributed by atoms with Crippen LogP contribution in [0.4, 0.5) is 11.4 Å². The second-order valence-corrected chi connectivity index (χ2v) is 4.02. The summed E-state index contributed by atoms with van der Waals surface area (Å²) in [6, 6.07) is 8.60. The highest BCUT2D eigenvalue weighted by Gasteiger charge is 2.12. The molecule has 2 rings (SSSR count). The summed E-state index contributed by atoms with van der Waals surface area (Å²) in [6.07, 6.45) is 1.56. The number of non-ortho nitro benzene ring substituents is 1. The van der Waals surface area contributed by atoms with Crippen LogP contribution in [0.3, 0.4) is 0 Å². The molecule has 0 radical (unpaired) electrons. The zero-order valence-corrected chi connectivity index (χ0v) is 10.7. The first-order valence-corrected chi connectivity index (χ1v) is 5.91. The van der Waals surface area contributed by atoms with E-state index < -0.39 is 23.4 Å². The van der Waals surface area contributed by atoms with Crippen LogP contribution in [0.5, 0.6) is 0 Å². The van der Waals surface area contributed by atoms with E-state index in [0.29, 0.717) is 0 Å². The summed E-state index contributed by atoms with van der Waals surface area (Å²) in [7, 11) is 0. The molecule has 2 N–H and O–H groups in total. The predicted octanol–water partition coefficient (Wildman–Crippen LogP) is 1.72. The number of nitro benzene ring substituents is 1. The van der Waals surface area contributed by atoms with Gasteiger partial charge in [-0.25, -0.2) is 4.79 Å². The van der Waals surface area contributed by atoms with E-state index >= 15 is 0 Å². The SMILES string of the molecule is O=C(COC(=O)c1ccc[nH]1)Nc1cccc([N+](=O)[O-])c1. The number of ether oxygens (including phenoxy) is 1. The maximum Gasteiger partial charge on any atom is 0.355 e. The van der Waals surface area contributed by atoms with Crippen molar-refractivity contribution in [1.82, 2.24) is 4.98 Å². The van der Waals surface area contributed by atoms with E-state index in [1.165, 1.54) is 30.3 Å². The number of H-pyrrole nitrogens is 1. The molecule has 0 unspecified atom stereocenters. The largest absolute Gasteiger partial charge is 0.451 e. The highest BCUT2D eigenvalue weighted by atomic mass is 16.6. The number of carbonyl (C=O) groups is 2. The van der Waals surface area contributed by atoms with Crippen LogP contribution in [-0.2, 0) is 9.53 Å². The molecule has 1 aromatic heterocycles. The number of hydrogen-bond acceptors (Lipinski definition) is 5. The molecule has 0 fully saturated rings. The number of benzene rings is 1. The number of hydrogen-bond donors (Lipinski definition) is 2. The Bertz CT molecular complexity index is 666. The van der Waals surface area contributed by atoms with Gasteiger partial charge in [-0.1, -0.05) is 6.07 Å². The average Bonchev–Trinajstić information content (AvgIpc) is 2.99. The van der Waals surface area contributed by atoms with Crippen LogP contribution >= 0.6 is 0 Å². The fourth-order valence-electron chi connectivity index (χ4n) is 1.56. The molecule has 0 saturated heterocycles. The average molecular weight is 289 g/mol. The van der Waals surface area contributed by atoms with E-state index in [0.717, 1.165) is 0 Å². The van der Waals surface area contributed by atoms with Gasteiger partial charge in [0.25, 0.3) is 11.6 Å². The summed E-state index contributed by atoms with van der Waals surface area (Å²) < 4.78 is 4.78. The minimum atomic E-state index is -0.658. The molecule has 0 atom stereocenters. The van der Waals surface area contributed by atoms with Gasteiger partial charge in [0.15, 0.2) is 6.61 Å². The lowest BCUT2D eigenvalue weighted by atomic mass is 10.3. The first-order valence-electron chi connectivity index (χ1n) is 5.91. The van der Waals surface area contributed by atoms with Crippen LogP contribution in [0.2, 0.25) is 0 Å². The lowest BCUT2D eigenvalue weighted by molar-refractivity contribution is -0.384. The Morgan fingerprint density at radius 1 is 1.29 bits per heavy atom. The van der Waals surface area contributed by atoms with Crippen molar-refractivity contribution in [1.29, 1.82) is 0 Å². The van der Waals surface area contributed by atoms with Crippen LogP contribution in [0, 0.1) is 10.1 Å². The molecule has 21 heavy (non-hydrogen) atoms. The van der Waals surface area contributed by atoms with Gasteiger partial charge in [-0.3, -0.25) is 14.9 Å². The lowest BCUT2D eigenvalue weighted by Gasteiger charge is -2.05. The number of aromatic nitrogens is 1. The number of carbonyl (C=O) groups excluding carboxylic acids is 2. The van der Waals surface area contributed by atoms with Crippen molar-refractivity contribution in [3.05, 3.63) is 58.4 Å². The van der Waals surface area contributed by atoms with Crippen LogP contribution in [0.15, 0.2) is 42.6 Å². The molecule has 0 bridgehead atoms. The van der Waals surface area contributed by atoms with Gasteiger partial charge in [-0.15, -0.1) is 0 Å². The predicted molar refractivity (Wildman–Crippen MR) is 72.8 cm³/mol. The van der Waals surface area contributed by atoms with Crippen molar-refractivity contribution in [2.24, 2.45) is 0 Å². The van der Waals surface area contributed by atoms with Crippen LogP contribution in [0.1, 0.15) is 10.5 Å². The van der Waals surface area contributed by atoms with Crippen LogP contribution in [-0.4, -0.2) is 28.4 Å². The van der Waals surface area contributed by atoms with Crippen molar-refractivity contribution in [2.75, 3.05) is 11.9 Å². The Hall–Kier alpha value is -3.16. The number of nitrogens with one attached hydrogen (secondary N) is 2. The summed E-state index contributed by atoms with van der Waals surface area (Å²) in [4.78, 5) is 35.8. The third-order valence-electron chi connectivity index (χ3n) is 2.49. The maximum atomic E-state index is 11.6. The molecule has 1 heterocycles. The molecular weight excluding hydrogens is 278 g/mol. The number of rotatable bonds is 5. The number of aromatic amines is 1. The van der Waals surface area contributed by atoms with Crippen molar-refractivity contribution in [3.8, 4) is 0 Å². The Morgan fingerprint density at radius 2 is 2.10 bits per heavy atom. The van der Waals surface area contributed by atoms with E-state index in [1.807, 2.05) is 0 Å². The molecule has 8 heteroatoms. The quantitative estimate of drug-likeness (QED) is 0.494. The van der Waals surface area contributed by atoms with E-state index in [9.17, 15) is 19.7 Å². The molecule has 2 aromatic rings. The maximum absolute atomic E-state index is 11.6. The van der Waals surface area contributed by atoms with Crippen molar-refractivity contribution < 1.29 is 19.2 Å². The Labute approximate surface area is 118 Å². The third kappa shape index (κ3) is 3.90. The third-order valence-corrected chi connectivity index (χ3v) is 2.49. The molecule has 0 aliphatic carbocycles. The second kappa shape index (κ2) is 6.33. The van der Waals surface area contributed by atoms with Gasteiger partial charge in [-0.05, 0) is 18.2 Å². The number of esters is 1. The first-order chi connectivity index (χ1) is 10.1. The van der Waals surface area contributed by atoms with Crippen molar-refractivity contribution in [3.63, 3.8) is 0 Å². The summed E-state index contributed by atoms with van der Waals surface area (Å²) in [5.41, 5.74) is 0.347. The smallest absolute Gasteiger partial charge is 0.355 e. The normalized spacial score (nSPS) is 9.90. The standard InChI is InChI=1S/C13H11N3O5/c17-12(8-21-13(18)11-5-2-6-14-11)15-9-3-1-4-10(7-9)16(19)20/h1-7,14H,8H2,(H,15,17). The minimum absolute atomic E-state index is 0.142. The summed E-state index contributed by atoms with van der Waals surface area (Å²) >= 11 is 0. The second-order valence-electron chi connectivity index (χ2n) is 4.02. The molecule has 0 spiro atoms.